The number of hydrogen-bond acceptors (Lipinski definition) is 3. The van der Waals surface area contributed by atoms with Crippen molar-refractivity contribution in [2.45, 2.75) is 5.92 Å². The summed E-state index contributed by atoms with van der Waals surface area (Å²) in [5.41, 5.74) is 0.793. The van der Waals surface area contributed by atoms with Gasteiger partial charge in [0.2, 0.25) is 5.82 Å². The number of ether oxygens (including phenoxy) is 1. The standard InChI is InChI=1S/C11H9F2N3O/c1-3-8-4-5-9-14-15-10(16(9)6-8)11(12,13)7-17-2/h1,4-6H,7H2,2H3. The number of terminal acetylenes is 1. The molecule has 17 heavy (non-hydrogen) atoms. The summed E-state index contributed by atoms with van der Waals surface area (Å²) in [5, 5.41) is 7.13. The van der Waals surface area contributed by atoms with Crippen LogP contribution in [-0.2, 0) is 10.7 Å². The number of pyridine rings is 1. The number of nitrogens with zero attached hydrogens (tertiary/aromatic N) is 3. The number of rotatable bonds is 3. The van der Waals surface area contributed by atoms with Gasteiger partial charge in [-0.3, -0.25) is 4.40 Å². The lowest BCUT2D eigenvalue weighted by Crippen LogP contribution is -2.23. The quantitative estimate of drug-likeness (QED) is 0.758. The summed E-state index contributed by atoms with van der Waals surface area (Å²) in [7, 11) is 1.20. The monoisotopic (exact) mass is 237 g/mol. The van der Waals surface area contributed by atoms with E-state index in [1.54, 1.807) is 6.07 Å². The van der Waals surface area contributed by atoms with E-state index in [2.05, 4.69) is 20.9 Å². The Morgan fingerprint density at radius 3 is 2.88 bits per heavy atom. The molecule has 0 radical (unpaired) electrons. The van der Waals surface area contributed by atoms with Gasteiger partial charge in [0.25, 0.3) is 0 Å². The fourth-order valence-corrected chi connectivity index (χ4v) is 1.47. The van der Waals surface area contributed by atoms with E-state index in [9.17, 15) is 8.78 Å². The van der Waals surface area contributed by atoms with E-state index in [-0.39, 0.29) is 0 Å². The minimum absolute atomic E-state index is 0.315. The van der Waals surface area contributed by atoms with Gasteiger partial charge < -0.3 is 4.74 Å². The molecule has 2 aromatic heterocycles. The molecule has 0 aliphatic rings. The first-order valence-corrected chi connectivity index (χ1v) is 4.77. The highest BCUT2D eigenvalue weighted by molar-refractivity contribution is 5.44. The lowest BCUT2D eigenvalue weighted by Gasteiger charge is -2.12. The Hall–Kier alpha value is -2.00. The molecular weight excluding hydrogens is 228 g/mol. The summed E-state index contributed by atoms with van der Waals surface area (Å²) < 4.78 is 32.9. The van der Waals surface area contributed by atoms with Crippen molar-refractivity contribution in [3.63, 3.8) is 0 Å². The Labute approximate surface area is 96.2 Å². The third kappa shape index (κ3) is 1.97. The molecule has 0 aliphatic carbocycles. The SMILES string of the molecule is C#Cc1ccc2nnc(C(F)(F)COC)n2c1. The van der Waals surface area contributed by atoms with Gasteiger partial charge in [-0.25, -0.2) is 0 Å². The van der Waals surface area contributed by atoms with Crippen LogP contribution in [0.4, 0.5) is 8.78 Å². The minimum atomic E-state index is -3.21. The normalized spacial score (nSPS) is 11.6. The van der Waals surface area contributed by atoms with Crippen LogP contribution >= 0.6 is 0 Å². The van der Waals surface area contributed by atoms with Crippen LogP contribution in [0.15, 0.2) is 18.3 Å². The number of aromatic nitrogens is 3. The molecule has 0 N–H and O–H groups in total. The van der Waals surface area contributed by atoms with Crippen molar-refractivity contribution < 1.29 is 13.5 Å². The largest absolute Gasteiger partial charge is 0.378 e. The van der Waals surface area contributed by atoms with Crippen LogP contribution in [0.1, 0.15) is 11.4 Å². The second kappa shape index (κ2) is 4.11. The molecule has 0 aromatic carbocycles. The van der Waals surface area contributed by atoms with Gasteiger partial charge in [0.05, 0.1) is 0 Å². The van der Waals surface area contributed by atoms with Crippen LogP contribution in [0.2, 0.25) is 0 Å². The molecule has 0 bridgehead atoms. The lowest BCUT2D eigenvalue weighted by molar-refractivity contribution is -0.0773. The van der Waals surface area contributed by atoms with E-state index in [1.165, 1.54) is 23.8 Å². The van der Waals surface area contributed by atoms with Crippen LogP contribution in [0.3, 0.4) is 0 Å². The summed E-state index contributed by atoms with van der Waals surface area (Å²) in [4.78, 5) is 0. The molecule has 6 heteroatoms. The molecule has 0 aliphatic heterocycles. The first-order chi connectivity index (χ1) is 8.08. The zero-order valence-electron chi connectivity index (χ0n) is 9.02. The maximum atomic E-state index is 13.7. The topological polar surface area (TPSA) is 39.4 Å². The fourth-order valence-electron chi connectivity index (χ4n) is 1.47. The molecule has 88 valence electrons. The number of alkyl halides is 2. The van der Waals surface area contributed by atoms with Gasteiger partial charge >= 0.3 is 5.92 Å². The fraction of sp³-hybridized carbons (Fsp3) is 0.273. The van der Waals surface area contributed by atoms with Gasteiger partial charge in [-0.2, -0.15) is 8.78 Å². The highest BCUT2D eigenvalue weighted by atomic mass is 19.3. The summed E-state index contributed by atoms with van der Waals surface area (Å²) in [6.07, 6.45) is 6.61. The van der Waals surface area contributed by atoms with E-state index in [0.29, 0.717) is 11.2 Å². The molecular formula is C11H9F2N3O. The molecule has 0 atom stereocenters. The Morgan fingerprint density at radius 1 is 1.47 bits per heavy atom. The van der Waals surface area contributed by atoms with Crippen molar-refractivity contribution in [1.82, 2.24) is 14.6 Å². The first-order valence-electron chi connectivity index (χ1n) is 4.77. The minimum Gasteiger partial charge on any atom is -0.378 e. The predicted octanol–water partition coefficient (Wildman–Crippen LogP) is 1.45. The zero-order valence-corrected chi connectivity index (χ0v) is 9.02. The van der Waals surface area contributed by atoms with Gasteiger partial charge in [0, 0.05) is 18.9 Å². The van der Waals surface area contributed by atoms with Crippen LogP contribution in [0.25, 0.3) is 5.65 Å². The van der Waals surface area contributed by atoms with E-state index >= 15 is 0 Å². The van der Waals surface area contributed by atoms with Gasteiger partial charge in [-0.05, 0) is 12.1 Å². The Kier molecular flexibility index (Phi) is 2.77. The highest BCUT2D eigenvalue weighted by Gasteiger charge is 2.37. The number of fused-ring (bicyclic) bond motifs is 1. The second-order valence-corrected chi connectivity index (χ2v) is 3.45. The maximum Gasteiger partial charge on any atom is 0.329 e. The molecule has 0 unspecified atom stereocenters. The first kappa shape index (κ1) is 11.5. The molecule has 2 heterocycles. The highest BCUT2D eigenvalue weighted by Crippen LogP contribution is 2.26. The molecule has 0 saturated carbocycles. The summed E-state index contributed by atoms with van der Waals surface area (Å²) in [6, 6.07) is 3.15. The van der Waals surface area contributed by atoms with E-state index < -0.39 is 18.4 Å². The summed E-state index contributed by atoms with van der Waals surface area (Å²) >= 11 is 0. The van der Waals surface area contributed by atoms with Gasteiger partial charge in [0.1, 0.15) is 6.61 Å². The van der Waals surface area contributed by atoms with Crippen molar-refractivity contribution in [3.05, 3.63) is 29.7 Å². The van der Waals surface area contributed by atoms with Gasteiger partial charge in [-0.15, -0.1) is 16.6 Å². The zero-order chi connectivity index (χ0) is 12.5. The molecule has 4 nitrogen and oxygen atoms in total. The van der Waals surface area contributed by atoms with E-state index in [0.717, 1.165) is 0 Å². The average molecular weight is 237 g/mol. The smallest absolute Gasteiger partial charge is 0.329 e. The lowest BCUT2D eigenvalue weighted by atomic mass is 10.3. The summed E-state index contributed by atoms with van der Waals surface area (Å²) in [6.45, 7) is -0.756. The Bertz CT molecular complexity index is 586. The Balaban J connectivity index is 2.59. The third-order valence-corrected chi connectivity index (χ3v) is 2.22. The number of methoxy groups -OCH3 is 1. The molecule has 2 rings (SSSR count). The van der Waals surface area contributed by atoms with Gasteiger partial charge in [-0.1, -0.05) is 5.92 Å². The Morgan fingerprint density at radius 2 is 2.24 bits per heavy atom. The van der Waals surface area contributed by atoms with Gasteiger partial charge in [0.15, 0.2) is 5.65 Å². The maximum absolute atomic E-state index is 13.7. The van der Waals surface area contributed by atoms with Crippen molar-refractivity contribution in [2.75, 3.05) is 13.7 Å². The molecule has 0 saturated heterocycles. The second-order valence-electron chi connectivity index (χ2n) is 3.45. The van der Waals surface area contributed by atoms with E-state index in [4.69, 9.17) is 6.42 Å². The van der Waals surface area contributed by atoms with Crippen molar-refractivity contribution in [1.29, 1.82) is 0 Å². The van der Waals surface area contributed by atoms with E-state index in [1.807, 2.05) is 0 Å². The average Bonchev–Trinajstić information content (AvgIpc) is 2.71. The molecule has 0 amide bonds. The molecule has 0 spiro atoms. The van der Waals surface area contributed by atoms with Crippen LogP contribution < -0.4 is 0 Å². The third-order valence-electron chi connectivity index (χ3n) is 2.22. The van der Waals surface area contributed by atoms with Crippen LogP contribution in [0.5, 0.6) is 0 Å². The number of halogens is 2. The number of hydrogen-bond donors (Lipinski definition) is 0. The van der Waals surface area contributed by atoms with Crippen molar-refractivity contribution in [2.24, 2.45) is 0 Å². The molecule has 2 aromatic rings. The van der Waals surface area contributed by atoms with Crippen molar-refractivity contribution >= 4 is 5.65 Å². The summed E-state index contributed by atoms with van der Waals surface area (Å²) in [5.74, 6) is -1.32. The van der Waals surface area contributed by atoms with Crippen LogP contribution in [-0.4, -0.2) is 28.3 Å². The molecule has 0 fully saturated rings. The van der Waals surface area contributed by atoms with Crippen molar-refractivity contribution in [3.8, 4) is 12.3 Å². The predicted molar refractivity (Wildman–Crippen MR) is 56.7 cm³/mol. The van der Waals surface area contributed by atoms with Crippen LogP contribution in [0, 0.1) is 12.3 Å².